The van der Waals surface area contributed by atoms with E-state index >= 15 is 0 Å². The topological polar surface area (TPSA) is 51.0 Å². The molecule has 2 heterocycles. The standard InChI is InChI=1S/C13H21N3O/c1-9-2-3-11(6-9)13-15-12(17-16-13)7-10-4-5-14-8-10/h9-11,14H,2-8H2,1H3. The third-order valence-corrected chi connectivity index (χ3v) is 4.17. The fraction of sp³-hybridized carbons (Fsp3) is 0.846. The predicted molar refractivity (Wildman–Crippen MR) is 64.7 cm³/mol. The molecule has 0 bridgehead atoms. The average molecular weight is 235 g/mol. The molecule has 4 nitrogen and oxygen atoms in total. The van der Waals surface area contributed by atoms with Gasteiger partial charge in [-0.3, -0.25) is 0 Å². The van der Waals surface area contributed by atoms with Gasteiger partial charge in [0.2, 0.25) is 5.89 Å². The largest absolute Gasteiger partial charge is 0.339 e. The van der Waals surface area contributed by atoms with Crippen LogP contribution in [0.3, 0.4) is 0 Å². The summed E-state index contributed by atoms with van der Waals surface area (Å²) in [4.78, 5) is 4.58. The molecule has 0 aromatic carbocycles. The Morgan fingerprint density at radius 3 is 3.00 bits per heavy atom. The first-order valence-electron chi connectivity index (χ1n) is 6.84. The fourth-order valence-electron chi connectivity index (χ4n) is 3.09. The molecule has 17 heavy (non-hydrogen) atoms. The molecule has 1 N–H and O–H groups in total. The van der Waals surface area contributed by atoms with Crippen LogP contribution in [0.15, 0.2) is 4.52 Å². The van der Waals surface area contributed by atoms with Gasteiger partial charge in [0.15, 0.2) is 5.82 Å². The van der Waals surface area contributed by atoms with Crippen molar-refractivity contribution in [3.05, 3.63) is 11.7 Å². The van der Waals surface area contributed by atoms with Gasteiger partial charge in [-0.15, -0.1) is 0 Å². The van der Waals surface area contributed by atoms with Crippen molar-refractivity contribution >= 4 is 0 Å². The number of hydrogen-bond acceptors (Lipinski definition) is 4. The molecule has 4 heteroatoms. The molecule has 3 rings (SSSR count). The zero-order valence-corrected chi connectivity index (χ0v) is 10.5. The molecule has 1 aliphatic carbocycles. The molecule has 2 fully saturated rings. The lowest BCUT2D eigenvalue weighted by Crippen LogP contribution is -2.11. The summed E-state index contributed by atoms with van der Waals surface area (Å²) in [5.41, 5.74) is 0. The average Bonchev–Trinajstić information content (AvgIpc) is 2.99. The van der Waals surface area contributed by atoms with Crippen molar-refractivity contribution in [3.8, 4) is 0 Å². The first-order chi connectivity index (χ1) is 8.31. The van der Waals surface area contributed by atoms with Crippen LogP contribution >= 0.6 is 0 Å². The molecular formula is C13H21N3O. The van der Waals surface area contributed by atoms with Gasteiger partial charge in [0.05, 0.1) is 0 Å². The van der Waals surface area contributed by atoms with E-state index in [1.807, 2.05) is 0 Å². The molecular weight excluding hydrogens is 214 g/mol. The van der Waals surface area contributed by atoms with Gasteiger partial charge in [0, 0.05) is 12.3 Å². The van der Waals surface area contributed by atoms with E-state index in [0.29, 0.717) is 11.8 Å². The third kappa shape index (κ3) is 2.51. The third-order valence-electron chi connectivity index (χ3n) is 4.17. The number of hydrogen-bond donors (Lipinski definition) is 1. The highest BCUT2D eigenvalue weighted by atomic mass is 16.5. The second kappa shape index (κ2) is 4.77. The number of nitrogens with one attached hydrogen (secondary N) is 1. The lowest BCUT2D eigenvalue weighted by Gasteiger charge is -2.03. The normalized spacial score (nSPS) is 33.4. The highest BCUT2D eigenvalue weighted by Gasteiger charge is 2.27. The summed E-state index contributed by atoms with van der Waals surface area (Å²) in [6.07, 6.45) is 5.94. The Labute approximate surface area is 102 Å². The molecule has 1 aromatic heterocycles. The summed E-state index contributed by atoms with van der Waals surface area (Å²) in [6, 6.07) is 0. The van der Waals surface area contributed by atoms with Crippen molar-refractivity contribution < 1.29 is 4.52 Å². The van der Waals surface area contributed by atoms with Crippen molar-refractivity contribution in [1.82, 2.24) is 15.5 Å². The van der Waals surface area contributed by atoms with E-state index in [1.54, 1.807) is 0 Å². The molecule has 3 unspecified atom stereocenters. The minimum Gasteiger partial charge on any atom is -0.339 e. The Morgan fingerprint density at radius 1 is 1.35 bits per heavy atom. The minimum atomic E-state index is 0.546. The summed E-state index contributed by atoms with van der Waals surface area (Å²) in [6.45, 7) is 4.54. The number of aromatic nitrogens is 2. The highest BCUT2D eigenvalue weighted by Crippen LogP contribution is 2.36. The zero-order valence-electron chi connectivity index (χ0n) is 10.5. The Bertz CT molecular complexity index is 370. The first kappa shape index (κ1) is 11.2. The summed E-state index contributed by atoms with van der Waals surface area (Å²) >= 11 is 0. The highest BCUT2D eigenvalue weighted by molar-refractivity contribution is 4.99. The summed E-state index contributed by atoms with van der Waals surface area (Å²) in [5, 5.41) is 7.54. The molecule has 1 aliphatic heterocycles. The maximum absolute atomic E-state index is 5.39. The fourth-order valence-corrected chi connectivity index (χ4v) is 3.09. The molecule has 0 spiro atoms. The number of nitrogens with zero attached hydrogens (tertiary/aromatic N) is 2. The molecule has 2 aliphatic rings. The van der Waals surface area contributed by atoms with E-state index in [9.17, 15) is 0 Å². The van der Waals surface area contributed by atoms with E-state index in [4.69, 9.17) is 4.52 Å². The second-order valence-electron chi connectivity index (χ2n) is 5.72. The summed E-state index contributed by atoms with van der Waals surface area (Å²) in [7, 11) is 0. The van der Waals surface area contributed by atoms with Gasteiger partial charge >= 0.3 is 0 Å². The van der Waals surface area contributed by atoms with Crippen LogP contribution in [0.2, 0.25) is 0 Å². The van der Waals surface area contributed by atoms with Gasteiger partial charge in [0.25, 0.3) is 0 Å². The van der Waals surface area contributed by atoms with Crippen molar-refractivity contribution in [3.63, 3.8) is 0 Å². The van der Waals surface area contributed by atoms with E-state index in [2.05, 4.69) is 22.4 Å². The van der Waals surface area contributed by atoms with Crippen LogP contribution in [-0.4, -0.2) is 23.2 Å². The molecule has 3 atom stereocenters. The Morgan fingerprint density at radius 2 is 2.29 bits per heavy atom. The lowest BCUT2D eigenvalue weighted by atomic mass is 10.0. The zero-order chi connectivity index (χ0) is 11.7. The van der Waals surface area contributed by atoms with Gasteiger partial charge in [-0.25, -0.2) is 0 Å². The molecule has 1 saturated carbocycles. The van der Waals surface area contributed by atoms with Gasteiger partial charge < -0.3 is 9.84 Å². The van der Waals surface area contributed by atoms with Crippen LogP contribution in [0, 0.1) is 11.8 Å². The van der Waals surface area contributed by atoms with Gasteiger partial charge in [-0.05, 0) is 50.6 Å². The van der Waals surface area contributed by atoms with Crippen LogP contribution in [0.1, 0.15) is 50.2 Å². The lowest BCUT2D eigenvalue weighted by molar-refractivity contribution is 0.351. The van der Waals surface area contributed by atoms with Crippen LogP contribution in [0.25, 0.3) is 0 Å². The molecule has 0 radical (unpaired) electrons. The monoisotopic (exact) mass is 235 g/mol. The Balaban J connectivity index is 1.61. The molecule has 1 saturated heterocycles. The van der Waals surface area contributed by atoms with E-state index < -0.39 is 0 Å². The minimum absolute atomic E-state index is 0.546. The van der Waals surface area contributed by atoms with Crippen LogP contribution in [0.4, 0.5) is 0 Å². The molecule has 1 aromatic rings. The number of rotatable bonds is 3. The van der Waals surface area contributed by atoms with Crippen LogP contribution < -0.4 is 5.32 Å². The van der Waals surface area contributed by atoms with Crippen molar-refractivity contribution in [2.75, 3.05) is 13.1 Å². The second-order valence-corrected chi connectivity index (χ2v) is 5.72. The Hall–Kier alpha value is -0.900. The Kier molecular flexibility index (Phi) is 3.14. The van der Waals surface area contributed by atoms with E-state index in [-0.39, 0.29) is 0 Å². The molecule has 0 amide bonds. The van der Waals surface area contributed by atoms with Crippen LogP contribution in [0.5, 0.6) is 0 Å². The molecule has 94 valence electrons. The van der Waals surface area contributed by atoms with Gasteiger partial charge in [0.1, 0.15) is 0 Å². The van der Waals surface area contributed by atoms with Gasteiger partial charge in [-0.1, -0.05) is 12.1 Å². The first-order valence-corrected chi connectivity index (χ1v) is 6.84. The van der Waals surface area contributed by atoms with E-state index in [0.717, 1.165) is 37.1 Å². The smallest absolute Gasteiger partial charge is 0.226 e. The van der Waals surface area contributed by atoms with Gasteiger partial charge in [-0.2, -0.15) is 4.98 Å². The summed E-state index contributed by atoms with van der Waals surface area (Å²) < 4.78 is 5.39. The van der Waals surface area contributed by atoms with Crippen molar-refractivity contribution in [2.24, 2.45) is 11.8 Å². The quantitative estimate of drug-likeness (QED) is 0.872. The maximum atomic E-state index is 5.39. The summed E-state index contributed by atoms with van der Waals surface area (Å²) in [5.74, 6) is 3.85. The van der Waals surface area contributed by atoms with Crippen molar-refractivity contribution in [1.29, 1.82) is 0 Å². The predicted octanol–water partition coefficient (Wildman–Crippen LogP) is 2.13. The van der Waals surface area contributed by atoms with Crippen LogP contribution in [-0.2, 0) is 6.42 Å². The van der Waals surface area contributed by atoms with Crippen molar-refractivity contribution in [2.45, 2.75) is 44.9 Å². The van der Waals surface area contributed by atoms with E-state index in [1.165, 1.54) is 25.7 Å². The maximum Gasteiger partial charge on any atom is 0.226 e. The SMILES string of the molecule is CC1CCC(c2noc(CC3CCNC3)n2)C1.